The number of unbranched alkanes of at least 4 members (excludes halogenated alkanes) is 5. The number of ether oxygens (including phenoxy) is 1. The molecule has 0 saturated carbocycles. The normalized spacial score (nSPS) is 19.7. The second kappa shape index (κ2) is 8.85. The fourth-order valence-corrected chi connectivity index (χ4v) is 3.76. The Labute approximate surface area is 159 Å². The van der Waals surface area contributed by atoms with E-state index in [9.17, 15) is 10.1 Å². The third-order valence-electron chi connectivity index (χ3n) is 5.20. The molecule has 7 nitrogen and oxygen atoms in total. The highest BCUT2D eigenvalue weighted by Gasteiger charge is 2.39. The van der Waals surface area contributed by atoms with Crippen molar-refractivity contribution in [2.45, 2.75) is 77.2 Å². The van der Waals surface area contributed by atoms with E-state index in [2.05, 4.69) is 23.3 Å². The van der Waals surface area contributed by atoms with Crippen molar-refractivity contribution >= 4 is 5.78 Å². The van der Waals surface area contributed by atoms with Crippen LogP contribution in [0.2, 0.25) is 0 Å². The zero-order valence-corrected chi connectivity index (χ0v) is 15.9. The maximum absolute atomic E-state index is 12.5. The van der Waals surface area contributed by atoms with Crippen LogP contribution in [0.4, 0.5) is 0 Å². The quantitative estimate of drug-likeness (QED) is 0.703. The average molecular weight is 369 g/mol. The zero-order valence-electron chi connectivity index (χ0n) is 15.9. The number of carbonyl (C=O) groups is 1. The lowest BCUT2D eigenvalue weighted by Crippen LogP contribution is -2.27. The molecule has 7 heteroatoms. The van der Waals surface area contributed by atoms with Gasteiger partial charge in [0.05, 0.1) is 11.6 Å². The molecule has 1 aromatic heterocycles. The van der Waals surface area contributed by atoms with E-state index in [0.717, 1.165) is 25.8 Å². The van der Waals surface area contributed by atoms with Crippen LogP contribution < -0.4 is 5.73 Å². The SMILES string of the molecule is CCCCCCCCn1cc(C2C(C#N)=C(N)OC3=C2C(=O)CCC3)nn1. The first-order valence-electron chi connectivity index (χ1n) is 9.89. The fraction of sp³-hybridized carbons (Fsp3) is 0.600. The van der Waals surface area contributed by atoms with Gasteiger partial charge in [0.1, 0.15) is 17.4 Å². The van der Waals surface area contributed by atoms with Crippen LogP contribution >= 0.6 is 0 Å². The van der Waals surface area contributed by atoms with Crippen LogP contribution in [0.5, 0.6) is 0 Å². The minimum absolute atomic E-state index is 0.00646. The summed E-state index contributed by atoms with van der Waals surface area (Å²) in [4.78, 5) is 12.5. The maximum Gasteiger partial charge on any atom is 0.205 e. The molecule has 0 amide bonds. The molecule has 1 unspecified atom stereocenters. The standard InChI is InChI=1S/C20H27N5O2/c1-2-3-4-5-6-7-11-25-13-15(23-24-25)18-14(12-21)20(22)27-17-10-8-9-16(26)19(17)18/h13,18H,2-11,22H2,1H3. The van der Waals surface area contributed by atoms with Crippen LogP contribution in [0.3, 0.4) is 0 Å². The van der Waals surface area contributed by atoms with Gasteiger partial charge in [0, 0.05) is 31.2 Å². The fourth-order valence-electron chi connectivity index (χ4n) is 3.76. The summed E-state index contributed by atoms with van der Waals surface area (Å²) in [6.07, 6.45) is 10.9. The second-order valence-electron chi connectivity index (χ2n) is 7.21. The van der Waals surface area contributed by atoms with Crippen LogP contribution in [0.1, 0.15) is 76.3 Å². The van der Waals surface area contributed by atoms with Gasteiger partial charge in [-0.1, -0.05) is 44.2 Å². The van der Waals surface area contributed by atoms with Crippen LogP contribution in [-0.2, 0) is 16.1 Å². The summed E-state index contributed by atoms with van der Waals surface area (Å²) in [5, 5.41) is 18.0. The summed E-state index contributed by atoms with van der Waals surface area (Å²) >= 11 is 0. The lowest BCUT2D eigenvalue weighted by Gasteiger charge is -2.29. The molecule has 1 aliphatic heterocycles. The van der Waals surface area contributed by atoms with Crippen molar-refractivity contribution in [2.24, 2.45) is 5.73 Å². The smallest absolute Gasteiger partial charge is 0.205 e. The Balaban J connectivity index is 1.74. The number of hydrogen-bond acceptors (Lipinski definition) is 6. The highest BCUT2D eigenvalue weighted by Crippen LogP contribution is 2.42. The first-order valence-corrected chi connectivity index (χ1v) is 9.89. The lowest BCUT2D eigenvalue weighted by molar-refractivity contribution is -0.116. The van der Waals surface area contributed by atoms with Gasteiger partial charge >= 0.3 is 0 Å². The molecule has 144 valence electrons. The van der Waals surface area contributed by atoms with E-state index < -0.39 is 5.92 Å². The molecule has 3 rings (SSSR count). The molecule has 1 aliphatic carbocycles. The van der Waals surface area contributed by atoms with Gasteiger partial charge in [-0.3, -0.25) is 9.48 Å². The molecule has 0 spiro atoms. The number of carbonyl (C=O) groups excluding carboxylic acids is 1. The van der Waals surface area contributed by atoms with E-state index in [1.165, 1.54) is 25.7 Å². The molecule has 2 N–H and O–H groups in total. The van der Waals surface area contributed by atoms with Gasteiger partial charge in [-0.05, 0) is 12.8 Å². The molecule has 0 fully saturated rings. The van der Waals surface area contributed by atoms with Crippen LogP contribution in [0, 0.1) is 11.3 Å². The predicted octanol–water partition coefficient (Wildman–Crippen LogP) is 3.45. The Bertz CT molecular complexity index is 800. The van der Waals surface area contributed by atoms with Crippen molar-refractivity contribution in [3.63, 3.8) is 0 Å². The van der Waals surface area contributed by atoms with Gasteiger partial charge in [0.2, 0.25) is 5.88 Å². The molecule has 27 heavy (non-hydrogen) atoms. The third-order valence-corrected chi connectivity index (χ3v) is 5.20. The van der Waals surface area contributed by atoms with E-state index in [1.807, 2.05) is 6.20 Å². The van der Waals surface area contributed by atoms with Gasteiger partial charge in [-0.25, -0.2) is 0 Å². The van der Waals surface area contributed by atoms with Gasteiger partial charge in [0.15, 0.2) is 5.78 Å². The Hall–Kier alpha value is -2.62. The number of hydrogen-bond donors (Lipinski definition) is 1. The molecule has 0 radical (unpaired) electrons. The Morgan fingerprint density at radius 2 is 2.07 bits per heavy atom. The van der Waals surface area contributed by atoms with Crippen molar-refractivity contribution in [1.29, 1.82) is 5.26 Å². The number of nitrogens with two attached hydrogens (primary N) is 1. The number of rotatable bonds is 8. The van der Waals surface area contributed by atoms with Crippen molar-refractivity contribution in [3.8, 4) is 6.07 Å². The number of aromatic nitrogens is 3. The average Bonchev–Trinajstić information content (AvgIpc) is 3.12. The number of aryl methyl sites for hydroxylation is 1. The van der Waals surface area contributed by atoms with Crippen LogP contribution in [0.15, 0.2) is 29.0 Å². The number of nitrogens with zero attached hydrogens (tertiary/aromatic N) is 4. The molecule has 1 aromatic rings. The molecular formula is C20H27N5O2. The minimum Gasteiger partial charge on any atom is -0.444 e. The Morgan fingerprint density at radius 1 is 1.30 bits per heavy atom. The largest absolute Gasteiger partial charge is 0.444 e. The van der Waals surface area contributed by atoms with Crippen molar-refractivity contribution in [2.75, 3.05) is 0 Å². The van der Waals surface area contributed by atoms with Crippen molar-refractivity contribution in [1.82, 2.24) is 15.0 Å². The zero-order chi connectivity index (χ0) is 19.2. The lowest BCUT2D eigenvalue weighted by atomic mass is 9.80. The van der Waals surface area contributed by atoms with Crippen molar-refractivity contribution in [3.05, 3.63) is 34.7 Å². The van der Waals surface area contributed by atoms with Gasteiger partial charge < -0.3 is 10.5 Å². The van der Waals surface area contributed by atoms with E-state index >= 15 is 0 Å². The highest BCUT2D eigenvalue weighted by atomic mass is 16.5. The van der Waals surface area contributed by atoms with E-state index in [4.69, 9.17) is 10.5 Å². The number of ketones is 1. The third kappa shape index (κ3) is 4.21. The van der Waals surface area contributed by atoms with Crippen LogP contribution in [0.25, 0.3) is 0 Å². The molecule has 0 saturated heterocycles. The number of nitriles is 1. The molecule has 1 atom stereocenters. The number of Topliss-reactive ketones (excluding diaryl/α,β-unsaturated/α-hetero) is 1. The molecule has 0 aromatic carbocycles. The first-order chi connectivity index (χ1) is 13.2. The summed E-state index contributed by atoms with van der Waals surface area (Å²) in [7, 11) is 0. The first kappa shape index (κ1) is 19.2. The van der Waals surface area contributed by atoms with Crippen molar-refractivity contribution < 1.29 is 9.53 Å². The molecule has 0 bridgehead atoms. The van der Waals surface area contributed by atoms with E-state index in [1.54, 1.807) is 4.68 Å². The summed E-state index contributed by atoms with van der Waals surface area (Å²) in [6.45, 7) is 2.99. The number of allylic oxidation sites excluding steroid dienone is 3. The topological polar surface area (TPSA) is 107 Å². The van der Waals surface area contributed by atoms with Gasteiger partial charge in [-0.2, -0.15) is 5.26 Å². The summed E-state index contributed by atoms with van der Waals surface area (Å²) < 4.78 is 7.37. The summed E-state index contributed by atoms with van der Waals surface area (Å²) in [5.41, 5.74) is 7.31. The molecule has 2 heterocycles. The van der Waals surface area contributed by atoms with E-state index in [0.29, 0.717) is 29.9 Å². The van der Waals surface area contributed by atoms with Gasteiger partial charge in [0.25, 0.3) is 0 Å². The summed E-state index contributed by atoms with van der Waals surface area (Å²) in [6, 6.07) is 2.10. The maximum atomic E-state index is 12.5. The highest BCUT2D eigenvalue weighted by molar-refractivity contribution is 5.99. The minimum atomic E-state index is -0.565. The van der Waals surface area contributed by atoms with Crippen LogP contribution in [-0.4, -0.2) is 20.8 Å². The second-order valence-corrected chi connectivity index (χ2v) is 7.21. The Morgan fingerprint density at radius 3 is 2.85 bits per heavy atom. The molecular weight excluding hydrogens is 342 g/mol. The van der Waals surface area contributed by atoms with Gasteiger partial charge in [-0.15, -0.1) is 5.10 Å². The summed E-state index contributed by atoms with van der Waals surface area (Å²) in [5.74, 6) is 0.0940. The Kier molecular flexibility index (Phi) is 6.28. The predicted molar refractivity (Wildman–Crippen MR) is 99.9 cm³/mol. The van der Waals surface area contributed by atoms with E-state index in [-0.39, 0.29) is 17.2 Å². The monoisotopic (exact) mass is 369 g/mol. The molecule has 2 aliphatic rings.